The number of nitrogens with one attached hydrogen (secondary N) is 2. The summed E-state index contributed by atoms with van der Waals surface area (Å²) in [7, 11) is 0. The molecule has 5 nitrogen and oxygen atoms in total. The second-order valence-corrected chi connectivity index (χ2v) is 7.57. The van der Waals surface area contributed by atoms with Gasteiger partial charge in [-0.25, -0.2) is 4.98 Å². The van der Waals surface area contributed by atoms with Gasteiger partial charge >= 0.3 is 0 Å². The van der Waals surface area contributed by atoms with Gasteiger partial charge in [0, 0.05) is 42.1 Å². The second kappa shape index (κ2) is 7.43. The van der Waals surface area contributed by atoms with Crippen molar-refractivity contribution in [3.8, 4) is 0 Å². The molecule has 2 aromatic heterocycles. The minimum Gasteiger partial charge on any atom is -0.380 e. The summed E-state index contributed by atoms with van der Waals surface area (Å²) < 4.78 is 0. The Morgan fingerprint density at radius 2 is 1.96 bits per heavy atom. The number of hydrogen-bond acceptors (Lipinski definition) is 4. The van der Waals surface area contributed by atoms with Crippen molar-refractivity contribution in [3.05, 3.63) is 54.4 Å². The number of anilines is 2. The van der Waals surface area contributed by atoms with Crippen molar-refractivity contribution in [1.29, 1.82) is 0 Å². The quantitative estimate of drug-likeness (QED) is 0.657. The first-order chi connectivity index (χ1) is 13.1. The van der Waals surface area contributed by atoms with Gasteiger partial charge in [-0.3, -0.25) is 4.79 Å². The standard InChI is InChI=1S/C22H26N4O/c1-15(2)24-19-8-5-11-23-22(19)26-12-9-16(10-13-26)21(27)20-14-17-6-3-4-7-18(17)25-20/h3-8,11,14-16,24-25H,9-10,12-13H2,1-2H3. The summed E-state index contributed by atoms with van der Waals surface area (Å²) in [5.74, 6) is 1.29. The maximum absolute atomic E-state index is 12.9. The lowest BCUT2D eigenvalue weighted by Crippen LogP contribution is -2.37. The van der Waals surface area contributed by atoms with Crippen molar-refractivity contribution in [1.82, 2.24) is 9.97 Å². The van der Waals surface area contributed by atoms with Gasteiger partial charge in [0.05, 0.1) is 11.4 Å². The van der Waals surface area contributed by atoms with Gasteiger partial charge in [0.15, 0.2) is 11.6 Å². The molecule has 3 aromatic rings. The number of H-pyrrole nitrogens is 1. The largest absolute Gasteiger partial charge is 0.380 e. The number of aromatic nitrogens is 2. The summed E-state index contributed by atoms with van der Waals surface area (Å²) in [6.07, 6.45) is 3.54. The van der Waals surface area contributed by atoms with Crippen molar-refractivity contribution in [2.45, 2.75) is 32.7 Å². The summed E-state index contributed by atoms with van der Waals surface area (Å²) >= 11 is 0. The Bertz CT molecular complexity index is 905. The van der Waals surface area contributed by atoms with E-state index >= 15 is 0 Å². The molecule has 1 aliphatic heterocycles. The Kier molecular flexibility index (Phi) is 4.84. The lowest BCUT2D eigenvalue weighted by atomic mass is 9.91. The van der Waals surface area contributed by atoms with Crippen LogP contribution in [0, 0.1) is 5.92 Å². The van der Waals surface area contributed by atoms with Gasteiger partial charge in [-0.05, 0) is 51.0 Å². The molecule has 3 heterocycles. The van der Waals surface area contributed by atoms with Crippen molar-refractivity contribution in [3.63, 3.8) is 0 Å². The minimum atomic E-state index is 0.0690. The number of carbonyl (C=O) groups is 1. The predicted octanol–water partition coefficient (Wildman–Crippen LogP) is 4.48. The van der Waals surface area contributed by atoms with Crippen LogP contribution in [0.1, 0.15) is 37.2 Å². The second-order valence-electron chi connectivity index (χ2n) is 7.57. The average Bonchev–Trinajstić information content (AvgIpc) is 3.12. The Balaban J connectivity index is 1.45. The number of pyridine rings is 1. The van der Waals surface area contributed by atoms with Crippen LogP contribution in [0.2, 0.25) is 0 Å². The smallest absolute Gasteiger partial charge is 0.182 e. The number of hydrogen-bond donors (Lipinski definition) is 2. The molecule has 0 spiro atoms. The number of benzene rings is 1. The number of para-hydroxylation sites is 1. The van der Waals surface area contributed by atoms with Gasteiger partial charge in [-0.15, -0.1) is 0 Å². The maximum Gasteiger partial charge on any atom is 0.182 e. The Morgan fingerprint density at radius 3 is 2.70 bits per heavy atom. The van der Waals surface area contributed by atoms with E-state index in [4.69, 9.17) is 0 Å². The number of nitrogens with zero attached hydrogens (tertiary/aromatic N) is 2. The van der Waals surface area contributed by atoms with Crippen LogP contribution in [-0.2, 0) is 0 Å². The topological polar surface area (TPSA) is 61.0 Å². The zero-order chi connectivity index (χ0) is 18.8. The van der Waals surface area contributed by atoms with E-state index in [9.17, 15) is 4.79 Å². The van der Waals surface area contributed by atoms with Crippen LogP contribution in [0.5, 0.6) is 0 Å². The first kappa shape index (κ1) is 17.6. The summed E-state index contributed by atoms with van der Waals surface area (Å²) in [5, 5.41) is 4.56. The molecule has 0 aliphatic carbocycles. The number of piperidine rings is 1. The number of ketones is 1. The molecule has 2 N–H and O–H groups in total. The van der Waals surface area contributed by atoms with E-state index in [-0.39, 0.29) is 11.7 Å². The van der Waals surface area contributed by atoms with Gasteiger partial charge in [0.2, 0.25) is 0 Å². The lowest BCUT2D eigenvalue weighted by Gasteiger charge is -2.33. The van der Waals surface area contributed by atoms with Gasteiger partial charge in [0.25, 0.3) is 0 Å². The SMILES string of the molecule is CC(C)Nc1cccnc1N1CCC(C(=O)c2cc3ccccc3[nH]2)CC1. The monoisotopic (exact) mass is 362 g/mol. The van der Waals surface area contributed by atoms with Crippen LogP contribution in [0.15, 0.2) is 48.7 Å². The summed E-state index contributed by atoms with van der Waals surface area (Å²) in [6, 6.07) is 14.4. The highest BCUT2D eigenvalue weighted by Gasteiger charge is 2.28. The molecule has 0 atom stereocenters. The van der Waals surface area contributed by atoms with Crippen molar-refractivity contribution in [2.24, 2.45) is 5.92 Å². The summed E-state index contributed by atoms with van der Waals surface area (Å²) in [5.41, 5.74) is 2.82. The number of Topliss-reactive ketones (excluding diaryl/α,β-unsaturated/α-hetero) is 1. The molecule has 1 aromatic carbocycles. The third kappa shape index (κ3) is 3.68. The lowest BCUT2D eigenvalue weighted by molar-refractivity contribution is 0.0896. The van der Waals surface area contributed by atoms with Crippen molar-refractivity contribution in [2.75, 3.05) is 23.3 Å². The molecule has 4 rings (SSSR count). The molecular formula is C22H26N4O. The first-order valence-electron chi connectivity index (χ1n) is 9.70. The minimum absolute atomic E-state index is 0.0690. The molecule has 140 valence electrons. The highest BCUT2D eigenvalue weighted by Crippen LogP contribution is 2.30. The maximum atomic E-state index is 12.9. The van der Waals surface area contributed by atoms with Crippen molar-refractivity contribution < 1.29 is 4.79 Å². The van der Waals surface area contributed by atoms with Gasteiger partial charge < -0.3 is 15.2 Å². The molecule has 1 aliphatic rings. The fourth-order valence-corrected chi connectivity index (χ4v) is 3.85. The zero-order valence-electron chi connectivity index (χ0n) is 15.9. The molecule has 0 saturated carbocycles. The number of rotatable bonds is 5. The molecule has 0 unspecified atom stereocenters. The van der Waals surface area contributed by atoms with E-state index in [0.717, 1.165) is 54.0 Å². The molecule has 0 radical (unpaired) electrons. The Morgan fingerprint density at radius 1 is 1.19 bits per heavy atom. The van der Waals surface area contributed by atoms with Crippen LogP contribution >= 0.6 is 0 Å². The van der Waals surface area contributed by atoms with E-state index in [0.29, 0.717) is 6.04 Å². The third-order valence-electron chi connectivity index (χ3n) is 5.19. The number of aromatic amines is 1. The van der Waals surface area contributed by atoms with Crippen molar-refractivity contribution >= 4 is 28.2 Å². The predicted molar refractivity (Wildman–Crippen MR) is 111 cm³/mol. The van der Waals surface area contributed by atoms with Crippen LogP contribution in [0.25, 0.3) is 10.9 Å². The summed E-state index contributed by atoms with van der Waals surface area (Å²) in [4.78, 5) is 23.1. The van der Waals surface area contributed by atoms with E-state index in [1.165, 1.54) is 0 Å². The van der Waals surface area contributed by atoms with Crippen LogP contribution in [0.3, 0.4) is 0 Å². The Hall–Kier alpha value is -2.82. The van der Waals surface area contributed by atoms with E-state index in [2.05, 4.69) is 40.1 Å². The normalized spacial score (nSPS) is 15.4. The zero-order valence-corrected chi connectivity index (χ0v) is 15.9. The average molecular weight is 362 g/mol. The van der Waals surface area contributed by atoms with E-state index < -0.39 is 0 Å². The molecule has 0 amide bonds. The number of carbonyl (C=O) groups excluding carboxylic acids is 1. The van der Waals surface area contributed by atoms with Crippen LogP contribution < -0.4 is 10.2 Å². The van der Waals surface area contributed by atoms with Crippen LogP contribution in [-0.4, -0.2) is 34.9 Å². The van der Waals surface area contributed by atoms with Crippen LogP contribution in [0.4, 0.5) is 11.5 Å². The highest BCUT2D eigenvalue weighted by atomic mass is 16.1. The third-order valence-corrected chi connectivity index (χ3v) is 5.19. The number of fused-ring (bicyclic) bond motifs is 1. The van der Waals surface area contributed by atoms with E-state index in [1.807, 2.05) is 42.6 Å². The molecule has 1 fully saturated rings. The molecule has 1 saturated heterocycles. The highest BCUT2D eigenvalue weighted by molar-refractivity contribution is 6.00. The molecule has 27 heavy (non-hydrogen) atoms. The van der Waals surface area contributed by atoms with E-state index in [1.54, 1.807) is 0 Å². The van der Waals surface area contributed by atoms with Gasteiger partial charge in [-0.1, -0.05) is 18.2 Å². The first-order valence-corrected chi connectivity index (χ1v) is 9.70. The van der Waals surface area contributed by atoms with Gasteiger partial charge in [-0.2, -0.15) is 0 Å². The Labute approximate surface area is 159 Å². The molecular weight excluding hydrogens is 336 g/mol. The fraction of sp³-hybridized carbons (Fsp3) is 0.364. The van der Waals surface area contributed by atoms with Gasteiger partial charge in [0.1, 0.15) is 0 Å². The summed E-state index contributed by atoms with van der Waals surface area (Å²) in [6.45, 7) is 5.95. The molecule has 0 bridgehead atoms. The fourth-order valence-electron chi connectivity index (χ4n) is 3.85. The molecule has 5 heteroatoms.